The van der Waals surface area contributed by atoms with Crippen LogP contribution in [0.4, 0.5) is 0 Å². The Hall–Kier alpha value is -2.51. The smallest absolute Gasteiger partial charge is 0.290 e. The molecule has 0 saturated heterocycles. The fourth-order valence-electron chi connectivity index (χ4n) is 3.75. The van der Waals surface area contributed by atoms with Crippen LogP contribution in [0.25, 0.3) is 0 Å². The Morgan fingerprint density at radius 1 is 1.21 bits per heavy atom. The molecule has 2 aromatic rings. The molecule has 0 spiro atoms. The molecule has 1 aromatic carbocycles. The third-order valence-corrected chi connectivity index (χ3v) is 6.40. The first-order valence-electron chi connectivity index (χ1n) is 9.89. The van der Waals surface area contributed by atoms with Gasteiger partial charge in [-0.15, -0.1) is 11.3 Å². The van der Waals surface area contributed by atoms with Crippen LogP contribution >= 0.6 is 11.3 Å². The van der Waals surface area contributed by atoms with Gasteiger partial charge in [-0.1, -0.05) is 44.2 Å². The van der Waals surface area contributed by atoms with Crippen molar-refractivity contribution in [3.63, 3.8) is 0 Å². The summed E-state index contributed by atoms with van der Waals surface area (Å²) < 4.78 is 0. The standard InChI is InChI=1S/C22H27N3O3S/c1-5-24(6-2)12-13-25-18(16-10-8-7-9-11-16)17(20(27)22(25)28)19(26)21-14(3)23-15(4)29-21/h7-11,18,27H,5-6,12-13H2,1-4H3/t18-/m1/s1. The van der Waals surface area contributed by atoms with Crippen molar-refractivity contribution >= 4 is 23.0 Å². The van der Waals surface area contributed by atoms with Crippen LogP contribution in [0.2, 0.25) is 0 Å². The van der Waals surface area contributed by atoms with Crippen molar-refractivity contribution in [3.05, 3.63) is 62.8 Å². The topological polar surface area (TPSA) is 73.7 Å². The van der Waals surface area contributed by atoms with Gasteiger partial charge in [0.05, 0.1) is 27.2 Å². The van der Waals surface area contributed by atoms with Crippen LogP contribution in [0.3, 0.4) is 0 Å². The van der Waals surface area contributed by atoms with Crippen LogP contribution in [-0.2, 0) is 4.79 Å². The summed E-state index contributed by atoms with van der Waals surface area (Å²) in [5.74, 6) is -1.26. The maximum atomic E-state index is 13.4. The zero-order chi connectivity index (χ0) is 21.1. The number of hydrogen-bond donors (Lipinski definition) is 1. The van der Waals surface area contributed by atoms with Gasteiger partial charge in [0, 0.05) is 13.1 Å². The molecule has 0 bridgehead atoms. The molecular formula is C22H27N3O3S. The number of rotatable bonds is 8. The van der Waals surface area contributed by atoms with Crippen LogP contribution in [0, 0.1) is 13.8 Å². The van der Waals surface area contributed by atoms with Crippen molar-refractivity contribution in [2.45, 2.75) is 33.7 Å². The Morgan fingerprint density at radius 3 is 2.41 bits per heavy atom. The molecule has 154 valence electrons. The largest absolute Gasteiger partial charge is 0.503 e. The molecule has 1 aliphatic rings. The summed E-state index contributed by atoms with van der Waals surface area (Å²) in [6.45, 7) is 10.6. The minimum atomic E-state index is -0.603. The molecule has 0 radical (unpaired) electrons. The number of benzene rings is 1. The van der Waals surface area contributed by atoms with Crippen LogP contribution in [0.1, 0.15) is 45.8 Å². The SMILES string of the molecule is CCN(CC)CCN1C(=O)C(O)=C(C(=O)c2sc(C)nc2C)[C@H]1c1ccccc1. The number of likely N-dealkylation sites (N-methyl/N-ethyl adjacent to an activating group) is 1. The van der Waals surface area contributed by atoms with Crippen LogP contribution in [0.15, 0.2) is 41.7 Å². The molecule has 1 atom stereocenters. The molecular weight excluding hydrogens is 386 g/mol. The lowest BCUT2D eigenvalue weighted by atomic mass is 9.95. The lowest BCUT2D eigenvalue weighted by molar-refractivity contribution is -0.129. The van der Waals surface area contributed by atoms with Gasteiger partial charge in [0.2, 0.25) is 5.78 Å². The highest BCUT2D eigenvalue weighted by molar-refractivity contribution is 7.14. The zero-order valence-electron chi connectivity index (χ0n) is 17.3. The van der Waals surface area contributed by atoms with Gasteiger partial charge in [-0.05, 0) is 32.5 Å². The van der Waals surface area contributed by atoms with Gasteiger partial charge < -0.3 is 14.9 Å². The van der Waals surface area contributed by atoms with Gasteiger partial charge in [0.1, 0.15) is 0 Å². The molecule has 29 heavy (non-hydrogen) atoms. The summed E-state index contributed by atoms with van der Waals surface area (Å²) in [6, 6.07) is 8.82. The van der Waals surface area contributed by atoms with E-state index in [0.29, 0.717) is 23.7 Å². The van der Waals surface area contributed by atoms with Crippen molar-refractivity contribution in [2.24, 2.45) is 0 Å². The number of Topliss-reactive ketones (excluding diaryl/α,β-unsaturated/α-hetero) is 1. The second-order valence-corrected chi connectivity index (χ2v) is 8.28. The molecule has 2 heterocycles. The number of carbonyl (C=O) groups is 2. The summed E-state index contributed by atoms with van der Waals surface area (Å²) in [4.78, 5) is 35.0. The normalized spacial score (nSPS) is 16.9. The Labute approximate surface area is 175 Å². The van der Waals surface area contributed by atoms with E-state index in [0.717, 1.165) is 23.7 Å². The third-order valence-electron chi connectivity index (χ3n) is 5.32. The molecule has 0 fully saturated rings. The number of aliphatic hydroxyl groups excluding tert-OH is 1. The van der Waals surface area contributed by atoms with Crippen molar-refractivity contribution in [3.8, 4) is 0 Å². The van der Waals surface area contributed by atoms with Crippen molar-refractivity contribution in [2.75, 3.05) is 26.2 Å². The quantitative estimate of drug-likeness (QED) is 0.668. The molecule has 0 unspecified atom stereocenters. The maximum absolute atomic E-state index is 13.4. The summed E-state index contributed by atoms with van der Waals surface area (Å²) in [5.41, 5.74) is 1.58. The van der Waals surface area contributed by atoms with E-state index < -0.39 is 17.7 Å². The maximum Gasteiger partial charge on any atom is 0.290 e. The number of amides is 1. The first-order chi connectivity index (χ1) is 13.9. The van der Waals surface area contributed by atoms with Crippen LogP contribution in [-0.4, -0.2) is 57.8 Å². The number of aryl methyl sites for hydroxylation is 2. The van der Waals surface area contributed by atoms with Crippen molar-refractivity contribution in [1.29, 1.82) is 0 Å². The summed E-state index contributed by atoms with van der Waals surface area (Å²) in [5, 5.41) is 11.5. The Bertz CT molecular complexity index is 932. The molecule has 1 aromatic heterocycles. The molecule has 6 nitrogen and oxygen atoms in total. The second kappa shape index (κ2) is 8.88. The molecule has 7 heteroatoms. The van der Waals surface area contributed by atoms with Gasteiger partial charge in [0.25, 0.3) is 5.91 Å². The van der Waals surface area contributed by atoms with E-state index >= 15 is 0 Å². The minimum absolute atomic E-state index is 0.146. The summed E-state index contributed by atoms with van der Waals surface area (Å²) >= 11 is 1.29. The zero-order valence-corrected chi connectivity index (χ0v) is 18.1. The van der Waals surface area contributed by atoms with E-state index in [-0.39, 0.29) is 11.4 Å². The Morgan fingerprint density at radius 2 is 1.86 bits per heavy atom. The van der Waals surface area contributed by atoms with Crippen LogP contribution in [0.5, 0.6) is 0 Å². The van der Waals surface area contributed by atoms with E-state index in [1.54, 1.807) is 11.8 Å². The first-order valence-corrected chi connectivity index (χ1v) is 10.7. The van der Waals surface area contributed by atoms with E-state index in [1.165, 1.54) is 11.3 Å². The van der Waals surface area contributed by atoms with E-state index in [2.05, 4.69) is 23.7 Å². The van der Waals surface area contributed by atoms with Gasteiger partial charge in [0.15, 0.2) is 5.76 Å². The molecule has 3 rings (SSSR count). The molecule has 0 saturated carbocycles. The van der Waals surface area contributed by atoms with Gasteiger partial charge in [-0.3, -0.25) is 9.59 Å². The highest BCUT2D eigenvalue weighted by Gasteiger charge is 2.44. The lowest BCUT2D eigenvalue weighted by Gasteiger charge is -2.29. The average molecular weight is 414 g/mol. The second-order valence-electron chi connectivity index (χ2n) is 7.08. The number of carbonyl (C=O) groups excluding carboxylic acids is 2. The monoisotopic (exact) mass is 413 g/mol. The highest BCUT2D eigenvalue weighted by Crippen LogP contribution is 2.39. The molecule has 1 N–H and O–H groups in total. The van der Waals surface area contributed by atoms with Crippen molar-refractivity contribution < 1.29 is 14.7 Å². The molecule has 1 amide bonds. The predicted molar refractivity (Wildman–Crippen MR) is 114 cm³/mol. The Kier molecular flexibility index (Phi) is 6.49. The first kappa shape index (κ1) is 21.2. The average Bonchev–Trinajstić information content (AvgIpc) is 3.19. The number of aliphatic hydroxyl groups is 1. The van der Waals surface area contributed by atoms with Crippen LogP contribution < -0.4 is 0 Å². The van der Waals surface area contributed by atoms with E-state index in [4.69, 9.17) is 0 Å². The summed E-state index contributed by atoms with van der Waals surface area (Å²) in [7, 11) is 0. The third kappa shape index (κ3) is 4.11. The van der Waals surface area contributed by atoms with E-state index in [9.17, 15) is 14.7 Å². The van der Waals surface area contributed by atoms with E-state index in [1.807, 2.05) is 37.3 Å². The van der Waals surface area contributed by atoms with Gasteiger partial charge in [-0.2, -0.15) is 0 Å². The van der Waals surface area contributed by atoms with Crippen molar-refractivity contribution in [1.82, 2.24) is 14.8 Å². The number of aromatic nitrogens is 1. The fourth-order valence-corrected chi connectivity index (χ4v) is 4.63. The van der Waals surface area contributed by atoms with Gasteiger partial charge in [-0.25, -0.2) is 4.98 Å². The summed E-state index contributed by atoms with van der Waals surface area (Å²) in [6.07, 6.45) is 0. The highest BCUT2D eigenvalue weighted by atomic mass is 32.1. The molecule has 1 aliphatic heterocycles. The fraction of sp³-hybridized carbons (Fsp3) is 0.409. The number of thiazole rings is 1. The lowest BCUT2D eigenvalue weighted by Crippen LogP contribution is -2.38. The Balaban J connectivity index is 2.02. The number of hydrogen-bond acceptors (Lipinski definition) is 6. The number of ketones is 1. The van der Waals surface area contributed by atoms with Gasteiger partial charge >= 0.3 is 0 Å². The predicted octanol–water partition coefficient (Wildman–Crippen LogP) is 3.68. The molecule has 0 aliphatic carbocycles. The minimum Gasteiger partial charge on any atom is -0.503 e. The number of nitrogens with zero attached hydrogens (tertiary/aromatic N) is 3.